The molecule has 0 aromatic heterocycles. The lowest BCUT2D eigenvalue weighted by molar-refractivity contribution is 1.12. The fraction of sp³-hybridized carbons (Fsp3) is 0.737. The Morgan fingerprint density at radius 2 is 0.542 bits per heavy atom. The molecule has 4 bridgehead atoms. The van der Waals surface area contributed by atoms with Gasteiger partial charge < -0.3 is 0 Å². The van der Waals surface area contributed by atoms with Gasteiger partial charge in [0.25, 0.3) is 0 Å². The molecule has 0 saturated heterocycles. The standard InChI is InChI=1S/C38H76Br2Si8/c1-15-47-29-25-43(7,8)21-17-41(3,4)19-23-45(11,12)27-31-48(16-2,38-34-35(39)37(47)33-36(38)40)32-28-46(13,14)24-20-42(5,6)18-22-44(9,10)26-30-47/h15-16,33-34H,1-2,17-32H2,3-14H3. The van der Waals surface area contributed by atoms with Gasteiger partial charge in [0, 0.05) is 57.4 Å². The molecular weight excluding hydrogens is 841 g/mol. The van der Waals surface area contributed by atoms with E-state index in [1.165, 1.54) is 81.5 Å². The minimum absolute atomic E-state index is 1.21. The Labute approximate surface area is 325 Å². The number of halogens is 2. The van der Waals surface area contributed by atoms with Crippen molar-refractivity contribution in [2.45, 2.75) is 175 Å². The second kappa shape index (κ2) is 16.4. The average molecular weight is 918 g/mol. The zero-order valence-electron chi connectivity index (χ0n) is 33.8. The van der Waals surface area contributed by atoms with E-state index in [4.69, 9.17) is 13.2 Å². The molecule has 4 aliphatic heterocycles. The molecule has 48 heavy (non-hydrogen) atoms. The summed E-state index contributed by atoms with van der Waals surface area (Å²) in [6.45, 7) is 42.4. The first kappa shape index (κ1) is 43.8. The van der Waals surface area contributed by atoms with Gasteiger partial charge in [0.2, 0.25) is 0 Å². The summed E-state index contributed by atoms with van der Waals surface area (Å²) < 4.78 is 2.82. The molecular formula is C38H76Br2Si8. The first-order chi connectivity index (χ1) is 21.8. The molecule has 4 aliphatic rings. The summed E-state index contributed by atoms with van der Waals surface area (Å²) in [7, 11) is -11.7. The molecule has 0 N–H and O–H groups in total. The summed E-state index contributed by atoms with van der Waals surface area (Å²) >= 11 is 8.69. The Bertz CT molecular complexity index is 1130. The van der Waals surface area contributed by atoms with E-state index in [2.05, 4.69) is 134 Å². The van der Waals surface area contributed by atoms with Gasteiger partial charge in [-0.3, -0.25) is 0 Å². The minimum Gasteiger partial charge on any atom is -0.107 e. The fourth-order valence-electron chi connectivity index (χ4n) is 8.43. The van der Waals surface area contributed by atoms with Crippen LogP contribution in [0, 0.1) is 0 Å². The van der Waals surface area contributed by atoms with Crippen LogP contribution in [0.3, 0.4) is 0 Å². The lowest BCUT2D eigenvalue weighted by Gasteiger charge is -2.38. The third-order valence-electron chi connectivity index (χ3n) is 13.8. The van der Waals surface area contributed by atoms with Gasteiger partial charge in [-0.2, -0.15) is 0 Å². The second-order valence-corrected chi connectivity index (χ2v) is 63.7. The molecule has 0 radical (unpaired) electrons. The van der Waals surface area contributed by atoms with Crippen LogP contribution in [-0.4, -0.2) is 64.6 Å². The lowest BCUT2D eigenvalue weighted by atomic mass is 10.4. The summed E-state index contributed by atoms with van der Waals surface area (Å²) in [6.07, 6.45) is 0. The molecule has 4 heterocycles. The fourth-order valence-corrected chi connectivity index (χ4v) is 57.8. The van der Waals surface area contributed by atoms with Crippen LogP contribution >= 0.6 is 31.9 Å². The summed E-state index contributed by atoms with van der Waals surface area (Å²) in [5, 5.41) is 3.30. The molecule has 1 aromatic carbocycles. The van der Waals surface area contributed by atoms with Gasteiger partial charge in [0.15, 0.2) is 0 Å². The van der Waals surface area contributed by atoms with Crippen LogP contribution in [0.15, 0.2) is 45.6 Å². The monoisotopic (exact) mass is 914 g/mol. The van der Waals surface area contributed by atoms with E-state index < -0.39 is 64.6 Å². The maximum Gasteiger partial charge on any atom is 0.110 e. The van der Waals surface area contributed by atoms with Gasteiger partial charge in [0.05, 0.1) is 0 Å². The van der Waals surface area contributed by atoms with E-state index >= 15 is 0 Å². The molecule has 0 nitrogen and oxygen atoms in total. The molecule has 0 atom stereocenters. The summed E-state index contributed by atoms with van der Waals surface area (Å²) in [4.78, 5) is 0. The highest BCUT2D eigenvalue weighted by molar-refractivity contribution is 9.11. The summed E-state index contributed by atoms with van der Waals surface area (Å²) in [5.41, 5.74) is 5.13. The van der Waals surface area contributed by atoms with Crippen molar-refractivity contribution >= 4 is 107 Å². The summed E-state index contributed by atoms with van der Waals surface area (Å²) in [5.74, 6) is 0. The van der Waals surface area contributed by atoms with Gasteiger partial charge in [0.1, 0.15) is 16.1 Å². The van der Waals surface area contributed by atoms with E-state index in [1.54, 1.807) is 34.5 Å². The van der Waals surface area contributed by atoms with E-state index in [0.717, 1.165) is 0 Å². The highest BCUT2D eigenvalue weighted by atomic mass is 79.9. The van der Waals surface area contributed by atoms with Crippen LogP contribution in [-0.2, 0) is 0 Å². The molecule has 5 rings (SSSR count). The highest BCUT2D eigenvalue weighted by Gasteiger charge is 2.43. The number of hydrogen-bond acceptors (Lipinski definition) is 0. The molecule has 10 heteroatoms. The van der Waals surface area contributed by atoms with Crippen molar-refractivity contribution in [3.63, 3.8) is 0 Å². The summed E-state index contributed by atoms with van der Waals surface area (Å²) in [6, 6.07) is 29.1. The molecule has 0 fully saturated rings. The van der Waals surface area contributed by atoms with E-state index in [9.17, 15) is 0 Å². The van der Waals surface area contributed by atoms with Crippen molar-refractivity contribution in [3.05, 3.63) is 45.6 Å². The van der Waals surface area contributed by atoms with Gasteiger partial charge in [-0.25, -0.2) is 0 Å². The van der Waals surface area contributed by atoms with E-state index in [0.29, 0.717) is 0 Å². The minimum atomic E-state index is -1.98. The van der Waals surface area contributed by atoms with Crippen LogP contribution in [0.4, 0.5) is 0 Å². The largest absolute Gasteiger partial charge is 0.110 e. The van der Waals surface area contributed by atoms with Crippen LogP contribution < -0.4 is 10.4 Å². The molecule has 274 valence electrons. The van der Waals surface area contributed by atoms with Gasteiger partial charge in [-0.1, -0.05) is 219 Å². The topological polar surface area (TPSA) is 0 Å². The number of rotatable bonds is 2. The quantitative estimate of drug-likeness (QED) is 0.259. The Balaban J connectivity index is 2.31. The first-order valence-corrected chi connectivity index (χ1v) is 46.6. The maximum atomic E-state index is 4.75. The van der Waals surface area contributed by atoms with Crippen molar-refractivity contribution in [2.75, 3.05) is 0 Å². The smallest absolute Gasteiger partial charge is 0.107 e. The molecule has 0 amide bonds. The average Bonchev–Trinajstić information content (AvgIpc) is 2.99. The number of fused-ring (bicyclic) bond motifs is 20. The van der Waals surface area contributed by atoms with Gasteiger partial charge >= 0.3 is 0 Å². The third kappa shape index (κ3) is 12.2. The Kier molecular flexibility index (Phi) is 15.0. The van der Waals surface area contributed by atoms with Gasteiger partial charge in [-0.05, 0) is 22.5 Å². The Morgan fingerprint density at radius 1 is 0.375 bits per heavy atom. The van der Waals surface area contributed by atoms with Crippen molar-refractivity contribution < 1.29 is 0 Å². The van der Waals surface area contributed by atoms with Crippen LogP contribution in [0.1, 0.15) is 0 Å². The highest BCUT2D eigenvalue weighted by Crippen LogP contribution is 2.40. The Morgan fingerprint density at radius 3 is 0.708 bits per heavy atom. The molecule has 0 spiro atoms. The van der Waals surface area contributed by atoms with Gasteiger partial charge in [-0.15, -0.1) is 13.2 Å². The third-order valence-corrected chi connectivity index (χ3v) is 48.2. The zero-order valence-corrected chi connectivity index (χ0v) is 45.0. The van der Waals surface area contributed by atoms with Crippen LogP contribution in [0.2, 0.25) is 175 Å². The zero-order chi connectivity index (χ0) is 36.5. The van der Waals surface area contributed by atoms with Crippen LogP contribution in [0.25, 0.3) is 0 Å². The van der Waals surface area contributed by atoms with Crippen molar-refractivity contribution in [1.29, 1.82) is 0 Å². The number of hydrogen-bond donors (Lipinski definition) is 0. The molecule has 0 unspecified atom stereocenters. The molecule has 0 saturated carbocycles. The second-order valence-electron chi connectivity index (χ2n) is 21.5. The van der Waals surface area contributed by atoms with Crippen LogP contribution in [0.5, 0.6) is 0 Å². The maximum absolute atomic E-state index is 4.75. The van der Waals surface area contributed by atoms with Crippen molar-refractivity contribution in [1.82, 2.24) is 0 Å². The molecule has 0 aliphatic carbocycles. The number of benzene rings is 1. The van der Waals surface area contributed by atoms with E-state index in [-0.39, 0.29) is 0 Å². The normalized spacial score (nSPS) is 31.1. The SMILES string of the molecule is C=C[Si]12CC[Si](C)(C)CC[Si](C)(C)CC[Si](C)(C)CC[Si](C=C)(CC[Si](C)(C)CC[Si](C)(C)CC[Si](C)(C)CC1)c1cc(Br)c2cc1Br. The molecule has 1 aromatic rings. The van der Waals surface area contributed by atoms with E-state index in [1.807, 2.05) is 0 Å². The first-order valence-electron chi connectivity index (χ1n) is 19.6. The van der Waals surface area contributed by atoms with Crippen molar-refractivity contribution in [2.24, 2.45) is 0 Å². The predicted molar refractivity (Wildman–Crippen MR) is 255 cm³/mol. The Hall–Kier alpha value is 1.40. The van der Waals surface area contributed by atoms with Crippen molar-refractivity contribution in [3.8, 4) is 0 Å². The predicted octanol–water partition coefficient (Wildman–Crippen LogP) is 14.3. The lowest BCUT2D eigenvalue weighted by Crippen LogP contribution is -2.53.